The first-order valence-corrected chi connectivity index (χ1v) is 23.3. The standard InChI is InChI=1S/C58H49N5O.Pt/c1-35-26-55(59-33-48(35)36-20-22-37(23-21-36)57(2,3)4)62-52-30-40(64-41-28-38(58(5,6)7)27-39(29-41)61-34-60(8)50-18-11-12-19-51(50)61)24-25-43(52)46-31-47-45-16-13-15-44-42-14-9-10-17-49(42)63(56(44)45)54(47)32-53(46)62;/h9-33H,1-8H3;/i1D3;. The number of rotatable bonds is 5. The fraction of sp³-hybridized carbons (Fsp3) is 0.172. The number of aromatic nitrogens is 5. The summed E-state index contributed by atoms with van der Waals surface area (Å²) in [6.45, 7) is 10.8. The summed E-state index contributed by atoms with van der Waals surface area (Å²) < 4.78 is 43.7. The Bertz CT molecular complexity index is 4100. The molecule has 0 aliphatic carbocycles. The van der Waals surface area contributed by atoms with Gasteiger partial charge >= 0.3 is 220 Å². The van der Waals surface area contributed by atoms with Gasteiger partial charge in [0.25, 0.3) is 0 Å². The topological polar surface area (TPSA) is 41.3 Å². The molecule has 0 fully saturated rings. The second kappa shape index (κ2) is 14.1. The fourth-order valence-electron chi connectivity index (χ4n) is 10.0. The predicted octanol–water partition coefficient (Wildman–Crippen LogP) is 15.1. The van der Waals surface area contributed by atoms with E-state index in [1.54, 1.807) is 12.3 Å². The van der Waals surface area contributed by atoms with Crippen LogP contribution in [0.5, 0.6) is 11.5 Å². The van der Waals surface area contributed by atoms with E-state index in [9.17, 15) is 0 Å². The first-order valence-electron chi connectivity index (χ1n) is 23.7. The Kier molecular flexibility index (Phi) is 7.95. The Hall–Kier alpha value is -6.75. The van der Waals surface area contributed by atoms with Gasteiger partial charge in [0.2, 0.25) is 0 Å². The van der Waals surface area contributed by atoms with Crippen LogP contribution in [0.4, 0.5) is 0 Å². The molecule has 0 N–H and O–H groups in total. The van der Waals surface area contributed by atoms with E-state index in [1.165, 1.54) is 27.2 Å². The Morgan fingerprint density at radius 1 is 0.538 bits per heavy atom. The molecule has 7 heteroatoms. The van der Waals surface area contributed by atoms with Crippen molar-refractivity contribution in [1.29, 1.82) is 0 Å². The van der Waals surface area contributed by atoms with Crippen molar-refractivity contribution in [2.75, 3.05) is 0 Å². The number of hydrogen-bond donors (Lipinski definition) is 0. The summed E-state index contributed by atoms with van der Waals surface area (Å²) in [7, 11) is 2.10. The average Bonchev–Trinajstić information content (AvgIpc) is 4.01. The third-order valence-electron chi connectivity index (χ3n) is 13.4. The van der Waals surface area contributed by atoms with Gasteiger partial charge in [-0.3, -0.25) is 0 Å². The van der Waals surface area contributed by atoms with E-state index in [1.807, 2.05) is 18.2 Å². The second-order valence-corrected chi connectivity index (χ2v) is 20.6. The van der Waals surface area contributed by atoms with E-state index in [4.69, 9.17) is 13.8 Å². The third kappa shape index (κ3) is 6.10. The smallest absolute Gasteiger partial charge is 0.0579 e. The first kappa shape index (κ1) is 36.6. The zero-order chi connectivity index (χ0) is 47.2. The summed E-state index contributed by atoms with van der Waals surface area (Å²) in [4.78, 5) is 5.15. The van der Waals surface area contributed by atoms with Gasteiger partial charge in [-0.2, -0.15) is 0 Å². The summed E-state index contributed by atoms with van der Waals surface area (Å²) in [5.41, 5.74) is 12.2. The molecule has 0 amide bonds. The molecule has 0 saturated heterocycles. The minimum atomic E-state index is -2.42. The fourth-order valence-corrected chi connectivity index (χ4v) is 10.9. The van der Waals surface area contributed by atoms with Crippen LogP contribution in [-0.2, 0) is 37.2 Å². The summed E-state index contributed by atoms with van der Waals surface area (Å²) >= 11 is 2.41. The summed E-state index contributed by atoms with van der Waals surface area (Å²) in [5, 5.41) is 6.81. The van der Waals surface area contributed by atoms with Crippen LogP contribution in [0.3, 0.4) is 0 Å². The van der Waals surface area contributed by atoms with Gasteiger partial charge in [0.05, 0.1) is 16.6 Å². The van der Waals surface area contributed by atoms with E-state index in [-0.39, 0.29) is 16.4 Å². The van der Waals surface area contributed by atoms with E-state index in [2.05, 4.69) is 207 Å². The summed E-state index contributed by atoms with van der Waals surface area (Å²) in [6, 6.07) is 50.9. The Labute approximate surface area is 392 Å². The van der Waals surface area contributed by atoms with Gasteiger partial charge in [-0.25, -0.2) is 0 Å². The van der Waals surface area contributed by atoms with Crippen molar-refractivity contribution in [2.45, 2.75) is 59.2 Å². The van der Waals surface area contributed by atoms with Crippen molar-refractivity contribution < 1.29 is 28.2 Å². The molecule has 322 valence electrons. The van der Waals surface area contributed by atoms with E-state index in [0.717, 1.165) is 75.6 Å². The molecule has 0 radical (unpaired) electrons. The van der Waals surface area contributed by atoms with Crippen LogP contribution < -0.4 is 4.74 Å². The van der Waals surface area contributed by atoms with Crippen molar-refractivity contribution in [3.63, 3.8) is 0 Å². The first-order chi connectivity index (χ1) is 32.4. The molecule has 0 saturated carbocycles. The van der Waals surface area contributed by atoms with Crippen molar-refractivity contribution in [3.05, 3.63) is 172 Å². The van der Waals surface area contributed by atoms with E-state index >= 15 is 0 Å². The van der Waals surface area contributed by atoms with Crippen molar-refractivity contribution >= 4 is 70.9 Å². The number of imidazole rings is 1. The molecule has 5 aromatic heterocycles. The number of hydrogen-bond acceptors (Lipinski definition) is 2. The van der Waals surface area contributed by atoms with Crippen LogP contribution in [0.1, 0.15) is 62.3 Å². The van der Waals surface area contributed by atoms with Gasteiger partial charge in [0.1, 0.15) is 0 Å². The Morgan fingerprint density at radius 3 is 1.95 bits per heavy atom. The monoisotopic (exact) mass is 1030 g/mol. The molecule has 0 aliphatic rings. The van der Waals surface area contributed by atoms with Crippen LogP contribution in [0, 0.1) is 10.7 Å². The minimum absolute atomic E-state index is 0.0426. The van der Waals surface area contributed by atoms with Gasteiger partial charge in [-0.15, -0.1) is 0 Å². The average molecular weight is 1030 g/mol. The van der Waals surface area contributed by atoms with Crippen molar-refractivity contribution in [1.82, 2.24) is 23.1 Å². The normalized spacial score (nSPS) is 13.6. The van der Waals surface area contributed by atoms with Gasteiger partial charge in [-0.1, -0.05) is 81.4 Å². The van der Waals surface area contributed by atoms with Gasteiger partial charge in [0, 0.05) is 37.4 Å². The van der Waals surface area contributed by atoms with E-state index < -0.39 is 6.85 Å². The molecule has 12 aromatic rings. The number of ether oxygens (including phenoxy) is 1. The molecule has 7 aromatic carbocycles. The maximum atomic E-state index is 8.88. The number of para-hydroxylation sites is 4. The number of pyridine rings is 1. The Balaban J connectivity index is 1.10. The van der Waals surface area contributed by atoms with Crippen LogP contribution in [-0.4, -0.2) is 23.1 Å². The molecule has 0 unspecified atom stereocenters. The van der Waals surface area contributed by atoms with Crippen molar-refractivity contribution in [3.8, 4) is 34.1 Å². The van der Waals surface area contributed by atoms with Crippen LogP contribution in [0.15, 0.2) is 152 Å². The number of aryl methyl sites for hydroxylation is 2. The molecule has 5 heterocycles. The Morgan fingerprint density at radius 2 is 1.20 bits per heavy atom. The number of fused-ring (bicyclic) bond motifs is 10. The summed E-state index contributed by atoms with van der Waals surface area (Å²) in [6.07, 6.45) is 1.74. The van der Waals surface area contributed by atoms with Crippen LogP contribution in [0.2, 0.25) is 0 Å². The SMILES string of the molecule is [2H]C([2H])([2H])c1cc(-n2c3cc(Oc4cc(-n5[c](=[Pt])n(C)c6ccccc65)cc(C(C)(C)C)c4)ccc3c3cc4c5cccc6c7ccccc7n(c4cc32)c65)ncc1-c1ccc(C(C)(C)C)cc1. The van der Waals surface area contributed by atoms with Gasteiger partial charge in [0.15, 0.2) is 0 Å². The zero-order valence-corrected chi connectivity index (χ0v) is 39.7. The third-order valence-corrected chi connectivity index (χ3v) is 14.7. The van der Waals surface area contributed by atoms with Gasteiger partial charge < -0.3 is 4.40 Å². The maximum absolute atomic E-state index is 8.88. The van der Waals surface area contributed by atoms with E-state index in [0.29, 0.717) is 17.1 Å². The quantitative estimate of drug-likeness (QED) is 0.172. The molecule has 0 spiro atoms. The second-order valence-electron chi connectivity index (χ2n) is 19.6. The zero-order valence-electron chi connectivity index (χ0n) is 40.4. The predicted molar refractivity (Wildman–Crippen MR) is 266 cm³/mol. The summed E-state index contributed by atoms with van der Waals surface area (Å²) in [5.74, 6) is 1.88. The molecule has 0 aliphatic heterocycles. The molecule has 12 rings (SSSR count). The molecular weight excluding hydrogens is 978 g/mol. The van der Waals surface area contributed by atoms with Crippen LogP contribution >= 0.6 is 0 Å². The number of nitrogens with zero attached hydrogens (tertiary/aromatic N) is 5. The molecule has 0 bridgehead atoms. The van der Waals surface area contributed by atoms with Gasteiger partial charge in [-0.05, 0) is 35.0 Å². The van der Waals surface area contributed by atoms with Crippen LogP contribution in [0.25, 0.3) is 93.6 Å². The van der Waals surface area contributed by atoms with Crippen molar-refractivity contribution in [2.24, 2.45) is 7.05 Å². The molecular formula is C58H49N5OPt. The number of benzene rings is 7. The molecule has 65 heavy (non-hydrogen) atoms. The molecule has 6 nitrogen and oxygen atoms in total. The minimum Gasteiger partial charge on any atom is -0.0579 e. The molecule has 0 atom stereocenters.